The van der Waals surface area contributed by atoms with Gasteiger partial charge in [-0.3, -0.25) is 0 Å². The minimum atomic E-state index is -1.22. The van der Waals surface area contributed by atoms with Gasteiger partial charge in [-0.1, -0.05) is 55.5 Å². The highest BCUT2D eigenvalue weighted by Gasteiger charge is 2.32. The predicted molar refractivity (Wildman–Crippen MR) is 100 cm³/mol. The summed E-state index contributed by atoms with van der Waals surface area (Å²) in [5, 5.41) is 21.3. The topological polar surface area (TPSA) is 95.9 Å². The maximum Gasteiger partial charge on any atom is 0.407 e. The summed E-state index contributed by atoms with van der Waals surface area (Å²) < 4.78 is 5.36. The van der Waals surface area contributed by atoms with E-state index in [-0.39, 0.29) is 12.5 Å². The van der Waals surface area contributed by atoms with Gasteiger partial charge >= 0.3 is 12.1 Å². The van der Waals surface area contributed by atoms with Gasteiger partial charge < -0.3 is 20.3 Å². The minimum Gasteiger partial charge on any atom is -0.480 e. The standard InChI is InChI=1S/C21H23NO5/c1-12(13(2)23)19(20(24)25)22-21(26)27-11-18-16-9-5-3-7-14(16)15-8-4-6-10-17(15)18/h3-10,12-13,18-19,23H,11H2,1-2H3,(H,22,26)(H,24,25)/t12-,13-,19+/m0/s1. The van der Waals surface area contributed by atoms with E-state index >= 15 is 0 Å². The van der Waals surface area contributed by atoms with E-state index in [1.807, 2.05) is 48.5 Å². The monoisotopic (exact) mass is 369 g/mol. The second-order valence-corrected chi connectivity index (χ2v) is 6.89. The molecule has 3 atom stereocenters. The molecule has 142 valence electrons. The molecule has 1 aliphatic rings. The molecule has 0 aliphatic heterocycles. The van der Waals surface area contributed by atoms with Gasteiger partial charge in [0.25, 0.3) is 0 Å². The van der Waals surface area contributed by atoms with E-state index in [4.69, 9.17) is 4.74 Å². The Morgan fingerprint density at radius 1 is 1.04 bits per heavy atom. The largest absolute Gasteiger partial charge is 0.480 e. The molecule has 2 aromatic carbocycles. The van der Waals surface area contributed by atoms with Crippen molar-refractivity contribution in [3.63, 3.8) is 0 Å². The Hall–Kier alpha value is -2.86. The number of amides is 1. The molecule has 0 unspecified atom stereocenters. The first kappa shape index (κ1) is 18.9. The van der Waals surface area contributed by atoms with Crippen molar-refractivity contribution < 1.29 is 24.5 Å². The number of fused-ring (bicyclic) bond motifs is 3. The van der Waals surface area contributed by atoms with Crippen LogP contribution in [0.1, 0.15) is 30.9 Å². The second kappa shape index (κ2) is 7.80. The van der Waals surface area contributed by atoms with Crippen LogP contribution < -0.4 is 5.32 Å². The van der Waals surface area contributed by atoms with Crippen LogP contribution in [0.2, 0.25) is 0 Å². The number of hydrogen-bond donors (Lipinski definition) is 3. The molecule has 6 nitrogen and oxygen atoms in total. The van der Waals surface area contributed by atoms with Crippen LogP contribution in [0, 0.1) is 5.92 Å². The van der Waals surface area contributed by atoms with Crippen molar-refractivity contribution in [2.75, 3.05) is 6.61 Å². The minimum absolute atomic E-state index is 0.0967. The van der Waals surface area contributed by atoms with Gasteiger partial charge in [0, 0.05) is 11.8 Å². The van der Waals surface area contributed by atoms with Crippen molar-refractivity contribution in [2.45, 2.75) is 31.9 Å². The summed E-state index contributed by atoms with van der Waals surface area (Å²) in [5.74, 6) is -1.96. The van der Waals surface area contributed by atoms with E-state index in [2.05, 4.69) is 5.32 Å². The summed E-state index contributed by atoms with van der Waals surface area (Å²) in [5.41, 5.74) is 4.40. The number of rotatable bonds is 6. The predicted octanol–water partition coefficient (Wildman–Crippen LogP) is 3.00. The lowest BCUT2D eigenvalue weighted by molar-refractivity contribution is -0.141. The Morgan fingerprint density at radius 2 is 1.56 bits per heavy atom. The SMILES string of the molecule is C[C@@H]([C@H](C)O)[C@@H](NC(=O)OCC1c2ccccc2-c2ccccc21)C(=O)O. The van der Waals surface area contributed by atoms with Crippen molar-refractivity contribution in [1.82, 2.24) is 5.32 Å². The number of aliphatic hydroxyl groups is 1. The summed E-state index contributed by atoms with van der Waals surface area (Å²) in [6, 6.07) is 14.7. The molecule has 0 heterocycles. The van der Waals surface area contributed by atoms with Crippen molar-refractivity contribution in [3.8, 4) is 11.1 Å². The summed E-state index contributed by atoms with van der Waals surface area (Å²) in [6.45, 7) is 3.16. The van der Waals surface area contributed by atoms with Gasteiger partial charge in [0.15, 0.2) is 0 Å². The normalized spacial score (nSPS) is 16.0. The number of carboxylic acids is 1. The molecule has 27 heavy (non-hydrogen) atoms. The molecular weight excluding hydrogens is 346 g/mol. The number of benzene rings is 2. The molecule has 0 bridgehead atoms. The third kappa shape index (κ3) is 3.80. The Labute approximate surface area is 157 Å². The van der Waals surface area contributed by atoms with Gasteiger partial charge in [0.2, 0.25) is 0 Å². The zero-order chi connectivity index (χ0) is 19.6. The zero-order valence-electron chi connectivity index (χ0n) is 15.3. The number of aliphatic hydroxyl groups excluding tert-OH is 1. The number of alkyl carbamates (subject to hydrolysis) is 1. The first-order valence-electron chi connectivity index (χ1n) is 8.92. The first-order chi connectivity index (χ1) is 12.9. The summed E-state index contributed by atoms with van der Waals surface area (Å²) in [6.07, 6.45) is -1.68. The molecular formula is C21H23NO5. The number of carbonyl (C=O) groups excluding carboxylic acids is 1. The Kier molecular flexibility index (Phi) is 5.46. The number of aliphatic carboxylic acids is 1. The number of ether oxygens (including phenoxy) is 1. The molecule has 1 aliphatic carbocycles. The van der Waals surface area contributed by atoms with Crippen molar-refractivity contribution in [3.05, 3.63) is 59.7 Å². The van der Waals surface area contributed by atoms with E-state index < -0.39 is 30.1 Å². The summed E-state index contributed by atoms with van der Waals surface area (Å²) in [7, 11) is 0. The van der Waals surface area contributed by atoms with Gasteiger partial charge in [-0.05, 0) is 29.2 Å². The van der Waals surface area contributed by atoms with E-state index in [9.17, 15) is 19.8 Å². The molecule has 0 fully saturated rings. The highest BCUT2D eigenvalue weighted by molar-refractivity contribution is 5.81. The smallest absolute Gasteiger partial charge is 0.407 e. The second-order valence-electron chi connectivity index (χ2n) is 6.89. The van der Waals surface area contributed by atoms with Crippen molar-refractivity contribution >= 4 is 12.1 Å². The molecule has 0 saturated heterocycles. The fourth-order valence-electron chi connectivity index (χ4n) is 3.46. The van der Waals surface area contributed by atoms with Crippen LogP contribution in [0.15, 0.2) is 48.5 Å². The maximum absolute atomic E-state index is 12.2. The van der Waals surface area contributed by atoms with Gasteiger partial charge in [0.1, 0.15) is 12.6 Å². The van der Waals surface area contributed by atoms with Crippen LogP contribution in [0.4, 0.5) is 4.79 Å². The van der Waals surface area contributed by atoms with Gasteiger partial charge in [-0.25, -0.2) is 9.59 Å². The third-order valence-electron chi connectivity index (χ3n) is 5.17. The van der Waals surface area contributed by atoms with Crippen LogP contribution in [-0.4, -0.2) is 41.0 Å². The third-order valence-corrected chi connectivity index (χ3v) is 5.17. The van der Waals surface area contributed by atoms with Crippen LogP contribution in [-0.2, 0) is 9.53 Å². The maximum atomic E-state index is 12.2. The highest BCUT2D eigenvalue weighted by Crippen LogP contribution is 2.44. The molecule has 0 aromatic heterocycles. The number of nitrogens with one attached hydrogen (secondary N) is 1. The quantitative estimate of drug-likeness (QED) is 0.727. The van der Waals surface area contributed by atoms with Gasteiger partial charge in [0.05, 0.1) is 6.10 Å². The average Bonchev–Trinajstić information content (AvgIpc) is 2.97. The highest BCUT2D eigenvalue weighted by atomic mass is 16.5. The van der Waals surface area contributed by atoms with E-state index in [1.165, 1.54) is 6.92 Å². The fraction of sp³-hybridized carbons (Fsp3) is 0.333. The lowest BCUT2D eigenvalue weighted by atomic mass is 9.97. The molecule has 2 aromatic rings. The van der Waals surface area contributed by atoms with Gasteiger partial charge in [-0.15, -0.1) is 0 Å². The number of hydrogen-bond acceptors (Lipinski definition) is 4. The number of carbonyl (C=O) groups is 2. The molecule has 6 heteroatoms. The molecule has 0 radical (unpaired) electrons. The first-order valence-corrected chi connectivity index (χ1v) is 8.92. The lowest BCUT2D eigenvalue weighted by Crippen LogP contribution is -2.48. The van der Waals surface area contributed by atoms with Gasteiger partial charge in [-0.2, -0.15) is 0 Å². The molecule has 0 spiro atoms. The zero-order valence-corrected chi connectivity index (χ0v) is 15.3. The van der Waals surface area contributed by atoms with Crippen LogP contribution in [0.25, 0.3) is 11.1 Å². The molecule has 1 amide bonds. The van der Waals surface area contributed by atoms with E-state index in [1.54, 1.807) is 6.92 Å². The molecule has 3 N–H and O–H groups in total. The summed E-state index contributed by atoms with van der Waals surface area (Å²) in [4.78, 5) is 23.6. The average molecular weight is 369 g/mol. The fourth-order valence-corrected chi connectivity index (χ4v) is 3.46. The molecule has 0 saturated carbocycles. The van der Waals surface area contributed by atoms with Crippen molar-refractivity contribution in [1.29, 1.82) is 0 Å². The van der Waals surface area contributed by atoms with Crippen LogP contribution in [0.3, 0.4) is 0 Å². The number of carboxylic acid groups (broad SMARTS) is 1. The Bertz CT molecular complexity index is 802. The van der Waals surface area contributed by atoms with E-state index in [0.717, 1.165) is 22.3 Å². The Morgan fingerprint density at radius 3 is 2.04 bits per heavy atom. The van der Waals surface area contributed by atoms with E-state index in [0.29, 0.717) is 0 Å². The van der Waals surface area contributed by atoms with Crippen LogP contribution >= 0.6 is 0 Å². The Balaban J connectivity index is 1.71. The summed E-state index contributed by atoms with van der Waals surface area (Å²) >= 11 is 0. The van der Waals surface area contributed by atoms with Crippen molar-refractivity contribution in [2.24, 2.45) is 5.92 Å². The lowest BCUT2D eigenvalue weighted by Gasteiger charge is -2.23. The molecule has 3 rings (SSSR count). The van der Waals surface area contributed by atoms with Crippen LogP contribution in [0.5, 0.6) is 0 Å².